The molecule has 0 aliphatic carbocycles. The minimum atomic E-state index is -0.912. The van der Waals surface area contributed by atoms with Gasteiger partial charge in [0.05, 0.1) is 11.1 Å². The summed E-state index contributed by atoms with van der Waals surface area (Å²) in [5, 5.41) is 19.6. The van der Waals surface area contributed by atoms with Crippen molar-refractivity contribution in [2.24, 2.45) is 11.8 Å². The number of piperidine rings is 2. The van der Waals surface area contributed by atoms with E-state index < -0.39 is 11.9 Å². The topological polar surface area (TPSA) is 89.8 Å². The number of hydrogen-bond acceptors (Lipinski definition) is 4. The number of halogens is 4. The Kier molecular flexibility index (Phi) is 17.7. The normalized spacial score (nSPS) is 14.8. The van der Waals surface area contributed by atoms with Gasteiger partial charge in [0.25, 0.3) is 12.1 Å². The largest absolute Gasteiger partial charge is 0.478 e. The second kappa shape index (κ2) is 23.1. The van der Waals surface area contributed by atoms with Gasteiger partial charge in [-0.3, -0.25) is 0 Å². The fourth-order valence-electron chi connectivity index (χ4n) is 8.73. The van der Waals surface area contributed by atoms with Crippen molar-refractivity contribution in [1.29, 1.82) is 0 Å². The molecule has 2 fully saturated rings. The average molecular weight is 935 g/mol. The number of hydrogen-bond donors (Lipinski definition) is 2. The molecule has 64 heavy (non-hydrogen) atoms. The molecule has 2 atom stereocenters. The molecule has 328 valence electrons. The van der Waals surface area contributed by atoms with Crippen LogP contribution >= 0.6 is 48.0 Å². The van der Waals surface area contributed by atoms with Crippen LogP contribution in [0.5, 0.6) is 0 Å². The third-order valence-corrected chi connectivity index (χ3v) is 12.6. The van der Waals surface area contributed by atoms with Crippen molar-refractivity contribution in [2.75, 3.05) is 36.0 Å². The summed E-state index contributed by atoms with van der Waals surface area (Å²) in [5.41, 5.74) is 9.13. The lowest BCUT2D eigenvalue weighted by atomic mass is 9.83. The minimum Gasteiger partial charge on any atom is -0.478 e. The van der Waals surface area contributed by atoms with E-state index >= 15 is 0 Å². The SMILES string of the molecule is Cl.Cl.[C-]#[N+][C@@H](c1ccccc1-c1ccc(Cl)cc1)C1CCN(c2ccc(C(=O)O)cc2)CC1.[C-]#[N+][C@H](c1ccccc1-c1ccc(Cl)cc1)C1CCN(c2ccc(C(=O)O)cc2)CC1. The van der Waals surface area contributed by atoms with E-state index in [2.05, 4.69) is 43.8 Å². The monoisotopic (exact) mass is 932 g/mol. The Balaban J connectivity index is 0.000000234. The summed E-state index contributed by atoms with van der Waals surface area (Å²) < 4.78 is 0. The maximum Gasteiger partial charge on any atom is 0.335 e. The zero-order valence-corrected chi connectivity index (χ0v) is 38.0. The van der Waals surface area contributed by atoms with Crippen LogP contribution in [0.2, 0.25) is 10.0 Å². The molecule has 6 aromatic carbocycles. The van der Waals surface area contributed by atoms with Gasteiger partial charge in [0.1, 0.15) is 0 Å². The second-order valence-corrected chi connectivity index (χ2v) is 16.6. The van der Waals surface area contributed by atoms with Crippen LogP contribution in [0.15, 0.2) is 146 Å². The Labute approximate surface area is 397 Å². The van der Waals surface area contributed by atoms with Crippen LogP contribution in [0.3, 0.4) is 0 Å². The molecule has 0 unspecified atom stereocenters. The van der Waals surface area contributed by atoms with Crippen LogP contribution in [-0.4, -0.2) is 48.3 Å². The number of nitrogens with zero attached hydrogens (tertiary/aromatic N) is 4. The van der Waals surface area contributed by atoms with Crippen LogP contribution in [0.25, 0.3) is 31.9 Å². The molecule has 0 spiro atoms. The smallest absolute Gasteiger partial charge is 0.335 e. The molecule has 8 nitrogen and oxygen atoms in total. The Bertz CT molecular complexity index is 2380. The summed E-state index contributed by atoms with van der Waals surface area (Å²) in [7, 11) is 0. The van der Waals surface area contributed by atoms with Gasteiger partial charge in [0.15, 0.2) is 0 Å². The quantitative estimate of drug-likeness (QED) is 0.133. The van der Waals surface area contributed by atoms with Gasteiger partial charge in [0, 0.05) is 70.6 Å². The molecule has 2 aliphatic rings. The molecule has 0 bridgehead atoms. The molecule has 6 aromatic rings. The van der Waals surface area contributed by atoms with Crippen molar-refractivity contribution in [2.45, 2.75) is 37.8 Å². The van der Waals surface area contributed by atoms with E-state index in [4.69, 9.17) is 46.6 Å². The highest BCUT2D eigenvalue weighted by molar-refractivity contribution is 6.31. The second-order valence-electron chi connectivity index (χ2n) is 15.7. The van der Waals surface area contributed by atoms with Crippen molar-refractivity contribution in [1.82, 2.24) is 0 Å². The zero-order chi connectivity index (χ0) is 43.6. The van der Waals surface area contributed by atoms with Crippen LogP contribution in [0.1, 0.15) is 69.6 Å². The summed E-state index contributed by atoms with van der Waals surface area (Å²) >= 11 is 12.1. The van der Waals surface area contributed by atoms with Crippen LogP contribution in [0.4, 0.5) is 11.4 Å². The number of rotatable bonds is 10. The van der Waals surface area contributed by atoms with Crippen molar-refractivity contribution in [3.63, 3.8) is 0 Å². The molecule has 2 N–H and O–H groups in total. The predicted octanol–water partition coefficient (Wildman–Crippen LogP) is 14.0. The lowest BCUT2D eigenvalue weighted by Crippen LogP contribution is -2.35. The molecule has 0 radical (unpaired) electrons. The number of benzene rings is 6. The van der Waals surface area contributed by atoms with Crippen molar-refractivity contribution in [3.05, 3.63) is 201 Å². The van der Waals surface area contributed by atoms with Crippen molar-refractivity contribution in [3.8, 4) is 22.3 Å². The highest BCUT2D eigenvalue weighted by Crippen LogP contribution is 2.41. The van der Waals surface area contributed by atoms with Gasteiger partial charge < -0.3 is 29.7 Å². The van der Waals surface area contributed by atoms with E-state index in [-0.39, 0.29) is 48.7 Å². The van der Waals surface area contributed by atoms with E-state index in [9.17, 15) is 9.59 Å². The highest BCUT2D eigenvalue weighted by atomic mass is 35.5. The Morgan fingerprint density at radius 1 is 0.500 bits per heavy atom. The number of carboxylic acids is 2. The van der Waals surface area contributed by atoms with E-state index in [1.54, 1.807) is 24.3 Å². The van der Waals surface area contributed by atoms with E-state index in [1.807, 2.05) is 97.1 Å². The average Bonchev–Trinajstić information content (AvgIpc) is 3.31. The van der Waals surface area contributed by atoms with Gasteiger partial charge in [0.2, 0.25) is 0 Å². The lowest BCUT2D eigenvalue weighted by molar-refractivity contribution is 0.0686. The molecule has 2 heterocycles. The number of carbonyl (C=O) groups is 2. The Hall–Kier alpha value is -6.00. The van der Waals surface area contributed by atoms with Crippen molar-refractivity contribution < 1.29 is 19.8 Å². The fourth-order valence-corrected chi connectivity index (χ4v) is 8.98. The lowest BCUT2D eigenvalue weighted by Gasteiger charge is -2.34. The Morgan fingerprint density at radius 3 is 1.11 bits per heavy atom. The molecule has 0 saturated carbocycles. The van der Waals surface area contributed by atoms with Crippen LogP contribution in [0, 0.1) is 25.0 Å². The third kappa shape index (κ3) is 11.8. The molecule has 0 aromatic heterocycles. The van der Waals surface area contributed by atoms with E-state index in [0.29, 0.717) is 21.2 Å². The number of aromatic carboxylic acids is 2. The maximum atomic E-state index is 11.1. The summed E-state index contributed by atoms with van der Waals surface area (Å²) in [6.07, 6.45) is 3.68. The fraction of sp³-hybridized carbons (Fsp3) is 0.231. The first-order valence-corrected chi connectivity index (χ1v) is 21.5. The van der Waals surface area contributed by atoms with Gasteiger partial charge >= 0.3 is 11.9 Å². The van der Waals surface area contributed by atoms with Crippen LogP contribution in [-0.2, 0) is 0 Å². The molecular weight excluding hydrogens is 886 g/mol. The highest BCUT2D eigenvalue weighted by Gasteiger charge is 2.35. The molecule has 2 aliphatic heterocycles. The van der Waals surface area contributed by atoms with Gasteiger partial charge in [-0.1, -0.05) is 96.0 Å². The molecule has 12 heteroatoms. The number of anilines is 2. The first-order chi connectivity index (χ1) is 30.1. The minimum absolute atomic E-state index is 0. The maximum absolute atomic E-state index is 11.1. The third-order valence-electron chi connectivity index (χ3n) is 12.1. The first-order valence-electron chi connectivity index (χ1n) is 20.7. The van der Waals surface area contributed by atoms with Gasteiger partial charge in [-0.25, -0.2) is 22.7 Å². The van der Waals surface area contributed by atoms with Crippen molar-refractivity contribution >= 4 is 71.3 Å². The summed E-state index contributed by atoms with van der Waals surface area (Å²) in [4.78, 5) is 34.8. The van der Waals surface area contributed by atoms with E-state index in [0.717, 1.165) is 96.6 Å². The standard InChI is InChI=1S/2C26H23ClN2O2.2ClH/c2*1-28-25(24-5-3-2-4-23(24)18-6-10-21(27)11-7-18)19-14-16-29(17-15-19)22-12-8-20(9-13-22)26(30)31;;/h2*2-13,19,25H,14-17H2,(H,30,31);2*1H/t2*25-;;/m10../s1. The summed E-state index contributed by atoms with van der Waals surface area (Å²) in [5.74, 6) is -1.27. The van der Waals surface area contributed by atoms with Gasteiger partial charge in [-0.2, -0.15) is 0 Å². The van der Waals surface area contributed by atoms with E-state index in [1.165, 1.54) is 0 Å². The molecular formula is C52H48Cl4N4O4. The molecule has 8 rings (SSSR count). The zero-order valence-electron chi connectivity index (χ0n) is 34.9. The number of carboxylic acid groups (broad SMARTS) is 2. The Morgan fingerprint density at radius 2 is 0.812 bits per heavy atom. The summed E-state index contributed by atoms with van der Waals surface area (Å²) in [6.45, 7) is 19.3. The first kappa shape index (κ1) is 49.0. The van der Waals surface area contributed by atoms with Crippen LogP contribution < -0.4 is 9.80 Å². The molecule has 2 saturated heterocycles. The predicted molar refractivity (Wildman–Crippen MR) is 264 cm³/mol. The summed E-state index contributed by atoms with van der Waals surface area (Å²) in [6, 6.07) is 45.6. The van der Waals surface area contributed by atoms with Gasteiger partial charge in [-0.15, -0.1) is 24.8 Å². The van der Waals surface area contributed by atoms with Gasteiger partial charge in [-0.05, 0) is 121 Å². The molecule has 0 amide bonds.